The lowest BCUT2D eigenvalue weighted by molar-refractivity contribution is -0.492. The minimum atomic E-state index is -1.99. The summed E-state index contributed by atoms with van der Waals surface area (Å²) >= 11 is 7.54. The molecule has 0 aromatic heterocycles. The summed E-state index contributed by atoms with van der Waals surface area (Å²) in [6.07, 6.45) is 2.04. The van der Waals surface area contributed by atoms with Crippen LogP contribution in [-0.4, -0.2) is 120 Å². The third-order valence-electron chi connectivity index (χ3n) is 12.1. The van der Waals surface area contributed by atoms with Crippen LogP contribution in [0.4, 0.5) is 0 Å². The molecule has 0 aromatic carbocycles. The average Bonchev–Trinajstić information content (AvgIpc) is 3.33. The minimum absolute atomic E-state index is 0.0469. The summed E-state index contributed by atoms with van der Waals surface area (Å²) in [6.45, 7) is 3.98. The molecule has 4 aliphatic carbocycles. The minimum Gasteiger partial charge on any atom is -0.478 e. The topological polar surface area (TPSA) is 276 Å². The van der Waals surface area contributed by atoms with E-state index in [9.17, 15) is 39.0 Å². The largest absolute Gasteiger partial charge is 0.478 e. The molecule has 19 nitrogen and oxygen atoms in total. The van der Waals surface area contributed by atoms with E-state index in [1.54, 1.807) is 26.0 Å². The second kappa shape index (κ2) is 18.5. The number of carbonyl (C=O) groups is 6. The van der Waals surface area contributed by atoms with Gasteiger partial charge >= 0.3 is 23.9 Å². The van der Waals surface area contributed by atoms with Crippen molar-refractivity contribution in [1.29, 1.82) is 0 Å². The first-order chi connectivity index (χ1) is 26.2. The summed E-state index contributed by atoms with van der Waals surface area (Å²) in [5, 5.41) is 55.5. The fourth-order valence-electron chi connectivity index (χ4n) is 9.55. The van der Waals surface area contributed by atoms with Gasteiger partial charge in [-0.2, -0.15) is 0 Å². The zero-order valence-corrected chi connectivity index (χ0v) is 32.2. The SMILES string of the molecule is C[C@H]1CC2C3CCC4=CC(=O)C=C[C@]4(C)[C@@]3(Cl)[C@@H](O)C[C@]2(C)[C@@]1(OC(=O)CCCON(O)O)C(=O)COC(=O)CC(OC(=O)CCCCCON(O)O)C(=O)O. The molecule has 0 amide bonds. The molecule has 0 heterocycles. The van der Waals surface area contributed by atoms with Crippen molar-refractivity contribution in [2.75, 3.05) is 19.8 Å². The first kappa shape index (κ1) is 45.3. The summed E-state index contributed by atoms with van der Waals surface area (Å²) < 4.78 is 16.4. The number of ketones is 2. The van der Waals surface area contributed by atoms with Gasteiger partial charge in [0.2, 0.25) is 11.9 Å². The van der Waals surface area contributed by atoms with E-state index in [2.05, 4.69) is 9.68 Å². The highest BCUT2D eigenvalue weighted by Gasteiger charge is 2.76. The van der Waals surface area contributed by atoms with Gasteiger partial charge in [-0.3, -0.25) is 54.5 Å². The lowest BCUT2D eigenvalue weighted by Crippen LogP contribution is -2.69. The molecule has 4 rings (SSSR count). The number of hydrogen-bond acceptors (Lipinski definition) is 18. The Morgan fingerprint density at radius 2 is 1.57 bits per heavy atom. The van der Waals surface area contributed by atoms with Gasteiger partial charge in [-0.15, -0.1) is 11.6 Å². The summed E-state index contributed by atoms with van der Waals surface area (Å²) in [5.41, 5.74) is -3.39. The number of alkyl halides is 1. The molecule has 3 unspecified atom stereocenters. The molecule has 6 N–H and O–H groups in total. The van der Waals surface area contributed by atoms with E-state index >= 15 is 0 Å². The van der Waals surface area contributed by atoms with Crippen LogP contribution in [-0.2, 0) is 52.7 Å². The van der Waals surface area contributed by atoms with E-state index in [1.807, 2.05) is 6.92 Å². The van der Waals surface area contributed by atoms with Gasteiger partial charge in [0.25, 0.3) is 0 Å². The summed E-state index contributed by atoms with van der Waals surface area (Å²) in [7, 11) is 0. The van der Waals surface area contributed by atoms with Crippen LogP contribution in [0.5, 0.6) is 0 Å². The monoisotopic (exact) mass is 818 g/mol. The zero-order valence-electron chi connectivity index (χ0n) is 31.5. The molecule has 9 atom stereocenters. The highest BCUT2D eigenvalue weighted by molar-refractivity contribution is 6.26. The van der Waals surface area contributed by atoms with Crippen LogP contribution in [0.25, 0.3) is 0 Å². The van der Waals surface area contributed by atoms with Crippen molar-refractivity contribution in [2.45, 2.75) is 114 Å². The molecule has 0 spiro atoms. The number of unbranched alkanes of at least 4 members (excludes halogenated alkanes) is 2. The van der Waals surface area contributed by atoms with Crippen LogP contribution in [0.1, 0.15) is 91.4 Å². The Morgan fingerprint density at radius 3 is 2.21 bits per heavy atom. The van der Waals surface area contributed by atoms with Crippen LogP contribution in [0, 0.1) is 28.6 Å². The van der Waals surface area contributed by atoms with Crippen molar-refractivity contribution in [2.24, 2.45) is 28.6 Å². The Morgan fingerprint density at radius 1 is 0.929 bits per heavy atom. The second-order valence-electron chi connectivity index (χ2n) is 15.3. The van der Waals surface area contributed by atoms with Gasteiger partial charge in [-0.25, -0.2) is 4.79 Å². The normalized spacial score (nSPS) is 32.6. The maximum absolute atomic E-state index is 14.5. The Hall–Kier alpha value is -3.37. The number of carboxylic acid groups (broad SMARTS) is 1. The highest BCUT2D eigenvalue weighted by Crippen LogP contribution is 2.72. The molecule has 0 aromatic rings. The molecule has 3 saturated carbocycles. The Labute approximate surface area is 327 Å². The van der Waals surface area contributed by atoms with Crippen molar-refractivity contribution < 1.29 is 83.7 Å². The number of halogens is 1. The predicted octanol–water partition coefficient (Wildman–Crippen LogP) is 3.02. The summed E-state index contributed by atoms with van der Waals surface area (Å²) in [5.74, 6) is -7.19. The predicted molar refractivity (Wildman–Crippen MR) is 185 cm³/mol. The first-order valence-electron chi connectivity index (χ1n) is 18.5. The van der Waals surface area contributed by atoms with E-state index in [-0.39, 0.29) is 51.1 Å². The number of nitrogens with zero attached hydrogens (tertiary/aromatic N) is 2. The highest BCUT2D eigenvalue weighted by atomic mass is 35.5. The third kappa shape index (κ3) is 9.17. The van der Waals surface area contributed by atoms with E-state index in [0.29, 0.717) is 32.1 Å². The van der Waals surface area contributed by atoms with E-state index < -0.39 is 105 Å². The average molecular weight is 819 g/mol. The van der Waals surface area contributed by atoms with E-state index in [4.69, 9.17) is 46.6 Å². The number of carboxylic acids is 1. The van der Waals surface area contributed by atoms with Crippen molar-refractivity contribution in [3.05, 3.63) is 23.8 Å². The van der Waals surface area contributed by atoms with Gasteiger partial charge in [0.05, 0.1) is 41.4 Å². The Bertz CT molecular complexity index is 1570. The summed E-state index contributed by atoms with van der Waals surface area (Å²) in [6, 6.07) is 0. The van der Waals surface area contributed by atoms with Gasteiger partial charge in [0.15, 0.2) is 18.0 Å². The van der Waals surface area contributed by atoms with Gasteiger partial charge in [-0.05, 0) is 68.9 Å². The molecule has 0 bridgehead atoms. The second-order valence-corrected chi connectivity index (χ2v) is 15.9. The summed E-state index contributed by atoms with van der Waals surface area (Å²) in [4.78, 5) is 85.1. The number of aliphatic hydroxyl groups is 1. The number of fused-ring (bicyclic) bond motifs is 5. The van der Waals surface area contributed by atoms with Crippen molar-refractivity contribution >= 4 is 47.0 Å². The van der Waals surface area contributed by atoms with Crippen LogP contribution in [0.3, 0.4) is 0 Å². The maximum Gasteiger partial charge on any atom is 0.345 e. The number of esters is 3. The number of hydrogen-bond donors (Lipinski definition) is 6. The van der Waals surface area contributed by atoms with Crippen LogP contribution in [0.2, 0.25) is 0 Å². The van der Waals surface area contributed by atoms with Gasteiger partial charge in [-0.1, -0.05) is 38.8 Å². The number of Topliss-reactive ketones (excluding diaryl/α,β-unsaturated/α-hetero) is 1. The molecule has 3 fully saturated rings. The molecule has 0 radical (unpaired) electrons. The zero-order chi connectivity index (χ0) is 41.6. The molecule has 4 aliphatic rings. The Kier molecular flexibility index (Phi) is 15.0. The number of rotatable bonds is 20. The maximum atomic E-state index is 14.5. The number of carbonyl (C=O) groups excluding carboxylic acids is 5. The van der Waals surface area contributed by atoms with Crippen molar-refractivity contribution in [1.82, 2.24) is 10.8 Å². The quantitative estimate of drug-likeness (QED) is 0.0339. The van der Waals surface area contributed by atoms with Crippen LogP contribution < -0.4 is 0 Å². The molecule has 0 aliphatic heterocycles. The molecule has 0 saturated heterocycles. The molecule has 56 heavy (non-hydrogen) atoms. The molecular formula is C36H51ClN2O17. The lowest BCUT2D eigenvalue weighted by Gasteiger charge is -2.64. The number of allylic oxidation sites excluding steroid dienone is 4. The van der Waals surface area contributed by atoms with Crippen LogP contribution in [0.15, 0.2) is 23.8 Å². The fourth-order valence-corrected chi connectivity index (χ4v) is 10.1. The number of ether oxygens (including phenoxy) is 3. The van der Waals surface area contributed by atoms with E-state index in [0.717, 1.165) is 5.57 Å². The van der Waals surface area contributed by atoms with E-state index in [1.165, 1.54) is 6.08 Å². The van der Waals surface area contributed by atoms with Gasteiger partial charge in [0, 0.05) is 29.6 Å². The van der Waals surface area contributed by atoms with Crippen molar-refractivity contribution in [3.63, 3.8) is 0 Å². The van der Waals surface area contributed by atoms with Gasteiger partial charge in [0.1, 0.15) is 0 Å². The first-order valence-corrected chi connectivity index (χ1v) is 18.9. The lowest BCUT2D eigenvalue weighted by atomic mass is 9.45. The van der Waals surface area contributed by atoms with Crippen LogP contribution >= 0.6 is 11.6 Å². The number of aliphatic carboxylic acids is 1. The number of aliphatic hydroxyl groups excluding tert-OH is 1. The molecular weight excluding hydrogens is 768 g/mol. The fraction of sp³-hybridized carbons (Fsp3) is 0.722. The third-order valence-corrected chi connectivity index (χ3v) is 13.0. The van der Waals surface area contributed by atoms with Gasteiger partial charge < -0.3 is 24.4 Å². The standard InChI is InChI=1S/C36H51ClN2O17/c1-21-16-25-24-11-10-22-17-23(40)12-13-33(22,2)35(24,37)27(41)19-34(25,3)36(21,56-30(44)9-7-15-54-39(50)51)28(42)20-52-31(45)18-26(32(46)47)55-29(43)8-5-4-6-14-53-38(48)49/h12-13,17,21,24-27,41,48-51H,4-11,14-16,18-20H2,1-3H3,(H,46,47)/t21-,24?,25?,26?,27-,33-,34-,35-,36-/m0/s1. The molecule has 20 heteroatoms. The van der Waals surface area contributed by atoms with Crippen molar-refractivity contribution in [3.8, 4) is 0 Å². The smallest absolute Gasteiger partial charge is 0.345 e. The Balaban J connectivity index is 1.53. The molecule has 314 valence electrons.